The molecule has 1 fully saturated rings. The summed E-state index contributed by atoms with van der Waals surface area (Å²) in [5.74, 6) is 1.63. The van der Waals surface area contributed by atoms with Crippen molar-refractivity contribution < 1.29 is 4.79 Å². The fraction of sp³-hybridized carbons (Fsp3) is 0.625. The maximum Gasteiger partial charge on any atom is 0.251 e. The molecule has 1 aliphatic rings. The molecule has 0 saturated heterocycles. The predicted molar refractivity (Wildman–Crippen MR) is 81.9 cm³/mol. The molecule has 0 atom stereocenters. The maximum absolute atomic E-state index is 12.3. The molecule has 20 heavy (non-hydrogen) atoms. The van der Waals surface area contributed by atoms with Gasteiger partial charge in [-0.2, -0.15) is 0 Å². The average Bonchev–Trinajstić information content (AvgIpc) is 2.48. The van der Waals surface area contributed by atoms with Gasteiger partial charge >= 0.3 is 0 Å². The summed E-state index contributed by atoms with van der Waals surface area (Å²) in [4.78, 5) is 16.4. The van der Waals surface area contributed by atoms with E-state index in [1.165, 1.54) is 19.3 Å². The van der Waals surface area contributed by atoms with Crippen LogP contribution in [0.25, 0.3) is 0 Å². The van der Waals surface area contributed by atoms with Crippen LogP contribution in [0.3, 0.4) is 0 Å². The van der Waals surface area contributed by atoms with Crippen LogP contribution in [-0.2, 0) is 0 Å². The molecule has 1 aromatic rings. The van der Waals surface area contributed by atoms with E-state index in [2.05, 4.69) is 22.5 Å². The molecule has 4 heteroatoms. The number of anilines is 1. The third-order valence-corrected chi connectivity index (χ3v) is 4.14. The Balaban J connectivity index is 1.90. The molecule has 0 spiro atoms. The predicted octanol–water partition coefficient (Wildman–Crippen LogP) is 3.21. The lowest BCUT2D eigenvalue weighted by atomic mass is 9.84. The van der Waals surface area contributed by atoms with E-state index in [-0.39, 0.29) is 5.91 Å². The summed E-state index contributed by atoms with van der Waals surface area (Å²) in [5, 5.41) is 6.28. The number of hydrogen-bond acceptors (Lipinski definition) is 3. The van der Waals surface area contributed by atoms with E-state index in [9.17, 15) is 4.79 Å². The molecule has 4 nitrogen and oxygen atoms in total. The van der Waals surface area contributed by atoms with Crippen molar-refractivity contribution in [3.05, 3.63) is 23.9 Å². The van der Waals surface area contributed by atoms with Crippen molar-refractivity contribution in [3.8, 4) is 0 Å². The zero-order valence-corrected chi connectivity index (χ0v) is 12.5. The van der Waals surface area contributed by atoms with Crippen molar-refractivity contribution in [2.75, 3.05) is 11.9 Å². The Kier molecular flexibility index (Phi) is 5.39. The summed E-state index contributed by atoms with van der Waals surface area (Å²) in [6.45, 7) is 5.07. The van der Waals surface area contributed by atoms with Crippen molar-refractivity contribution in [1.82, 2.24) is 10.3 Å². The highest BCUT2D eigenvalue weighted by molar-refractivity contribution is 5.94. The topological polar surface area (TPSA) is 54.0 Å². The molecule has 0 aromatic carbocycles. The molecule has 1 heterocycles. The van der Waals surface area contributed by atoms with Gasteiger partial charge < -0.3 is 10.6 Å². The number of aromatic nitrogens is 1. The first-order valence-electron chi connectivity index (χ1n) is 7.73. The lowest BCUT2D eigenvalue weighted by molar-refractivity contribution is 0.0921. The van der Waals surface area contributed by atoms with Crippen molar-refractivity contribution in [3.63, 3.8) is 0 Å². The highest BCUT2D eigenvalue weighted by Crippen LogP contribution is 2.26. The highest BCUT2D eigenvalue weighted by atomic mass is 16.1. The number of nitrogens with one attached hydrogen (secondary N) is 2. The average molecular weight is 275 g/mol. The van der Waals surface area contributed by atoms with Gasteiger partial charge in [0.1, 0.15) is 5.82 Å². The Morgan fingerprint density at radius 2 is 2.05 bits per heavy atom. The van der Waals surface area contributed by atoms with Crippen molar-refractivity contribution in [2.24, 2.45) is 5.92 Å². The number of nitrogens with zero attached hydrogens (tertiary/aromatic N) is 1. The van der Waals surface area contributed by atoms with Crippen LogP contribution < -0.4 is 10.6 Å². The second-order valence-electron chi connectivity index (χ2n) is 5.56. The minimum atomic E-state index is 0.0199. The van der Waals surface area contributed by atoms with Crippen LogP contribution in [0.4, 0.5) is 5.82 Å². The smallest absolute Gasteiger partial charge is 0.251 e. The van der Waals surface area contributed by atoms with Crippen LogP contribution in [-0.4, -0.2) is 23.5 Å². The van der Waals surface area contributed by atoms with Crippen LogP contribution in [0, 0.1) is 5.92 Å². The number of pyridine rings is 1. The third kappa shape index (κ3) is 3.95. The molecule has 2 rings (SSSR count). The minimum Gasteiger partial charge on any atom is -0.370 e. The van der Waals surface area contributed by atoms with E-state index in [0.29, 0.717) is 11.6 Å². The van der Waals surface area contributed by atoms with Gasteiger partial charge in [0.2, 0.25) is 0 Å². The zero-order valence-electron chi connectivity index (χ0n) is 12.5. The minimum absolute atomic E-state index is 0.0199. The van der Waals surface area contributed by atoms with Crippen LogP contribution in [0.5, 0.6) is 0 Å². The summed E-state index contributed by atoms with van der Waals surface area (Å²) < 4.78 is 0. The van der Waals surface area contributed by atoms with Crippen LogP contribution in [0.15, 0.2) is 18.3 Å². The molecular weight excluding hydrogens is 250 g/mol. The summed E-state index contributed by atoms with van der Waals surface area (Å²) >= 11 is 0. The zero-order chi connectivity index (χ0) is 14.4. The van der Waals surface area contributed by atoms with Crippen LogP contribution in [0.1, 0.15) is 56.3 Å². The summed E-state index contributed by atoms with van der Waals surface area (Å²) in [6, 6.07) is 3.92. The molecule has 0 radical (unpaired) electrons. The molecule has 1 aliphatic carbocycles. The summed E-state index contributed by atoms with van der Waals surface area (Å²) in [6.07, 6.45) is 7.63. The van der Waals surface area contributed by atoms with Crippen LogP contribution >= 0.6 is 0 Å². The van der Waals surface area contributed by atoms with Gasteiger partial charge in [0.15, 0.2) is 0 Å². The van der Waals surface area contributed by atoms with Gasteiger partial charge in [-0.15, -0.1) is 0 Å². The Hall–Kier alpha value is -1.58. The molecule has 0 bridgehead atoms. The van der Waals surface area contributed by atoms with Gasteiger partial charge in [-0.1, -0.05) is 13.3 Å². The van der Waals surface area contributed by atoms with Crippen molar-refractivity contribution in [2.45, 2.75) is 52.0 Å². The Labute approximate surface area is 121 Å². The number of carbonyl (C=O) groups excluding carboxylic acids is 1. The second-order valence-corrected chi connectivity index (χ2v) is 5.56. The maximum atomic E-state index is 12.3. The third-order valence-electron chi connectivity index (χ3n) is 4.14. The largest absolute Gasteiger partial charge is 0.370 e. The SMILES string of the molecule is CCNc1cc(C(=O)NC2CCC(CC)CC2)ccn1. The van der Waals surface area contributed by atoms with E-state index in [1.807, 2.05) is 13.0 Å². The normalized spacial score (nSPS) is 22.3. The first-order valence-corrected chi connectivity index (χ1v) is 7.73. The van der Waals surface area contributed by atoms with E-state index < -0.39 is 0 Å². The monoisotopic (exact) mass is 275 g/mol. The first kappa shape index (κ1) is 14.8. The standard InChI is InChI=1S/C16H25N3O/c1-3-12-5-7-14(8-6-12)19-16(20)13-9-10-18-15(11-13)17-4-2/h9-12,14H,3-8H2,1-2H3,(H,17,18)(H,19,20). The van der Waals surface area contributed by atoms with Gasteiger partial charge in [-0.3, -0.25) is 4.79 Å². The number of hydrogen-bond donors (Lipinski definition) is 2. The molecular formula is C16H25N3O. The molecule has 0 unspecified atom stereocenters. The van der Waals surface area contributed by atoms with E-state index in [4.69, 9.17) is 0 Å². The first-order chi connectivity index (χ1) is 9.72. The summed E-state index contributed by atoms with van der Waals surface area (Å²) in [5.41, 5.74) is 0.688. The quantitative estimate of drug-likeness (QED) is 0.867. The number of rotatable bonds is 5. The van der Waals surface area contributed by atoms with Gasteiger partial charge in [-0.25, -0.2) is 4.98 Å². The lowest BCUT2D eigenvalue weighted by Crippen LogP contribution is -2.37. The fourth-order valence-corrected chi connectivity index (χ4v) is 2.83. The van der Waals surface area contributed by atoms with Crippen LogP contribution in [0.2, 0.25) is 0 Å². The van der Waals surface area contributed by atoms with Gasteiger partial charge in [0, 0.05) is 24.3 Å². The Morgan fingerprint density at radius 1 is 1.30 bits per heavy atom. The van der Waals surface area contributed by atoms with Crippen molar-refractivity contribution in [1.29, 1.82) is 0 Å². The Morgan fingerprint density at radius 3 is 2.70 bits per heavy atom. The molecule has 2 N–H and O–H groups in total. The van der Waals surface area contributed by atoms with Gasteiger partial charge in [0.05, 0.1) is 0 Å². The van der Waals surface area contributed by atoms with Gasteiger partial charge in [-0.05, 0) is 50.7 Å². The number of amides is 1. The second kappa shape index (κ2) is 7.27. The molecule has 1 saturated carbocycles. The molecule has 1 amide bonds. The lowest BCUT2D eigenvalue weighted by Gasteiger charge is -2.28. The molecule has 110 valence electrons. The molecule has 1 aromatic heterocycles. The van der Waals surface area contributed by atoms with Crippen molar-refractivity contribution >= 4 is 11.7 Å². The van der Waals surface area contributed by atoms with E-state index in [1.54, 1.807) is 12.3 Å². The summed E-state index contributed by atoms with van der Waals surface area (Å²) in [7, 11) is 0. The Bertz CT molecular complexity index is 439. The fourth-order valence-electron chi connectivity index (χ4n) is 2.83. The van der Waals surface area contributed by atoms with E-state index >= 15 is 0 Å². The van der Waals surface area contributed by atoms with E-state index in [0.717, 1.165) is 31.1 Å². The van der Waals surface area contributed by atoms with Gasteiger partial charge in [0.25, 0.3) is 5.91 Å². The molecule has 0 aliphatic heterocycles. The highest BCUT2D eigenvalue weighted by Gasteiger charge is 2.21. The number of carbonyl (C=O) groups is 1.